The van der Waals surface area contributed by atoms with Crippen LogP contribution in [0.4, 0.5) is 16.8 Å². The lowest BCUT2D eigenvalue weighted by Gasteiger charge is -2.06. The molecule has 1 aromatic carbocycles. The van der Waals surface area contributed by atoms with Crippen LogP contribution in [0.1, 0.15) is 39.6 Å². The summed E-state index contributed by atoms with van der Waals surface area (Å²) < 4.78 is 4.81. The Balaban J connectivity index is 1.77. The van der Waals surface area contributed by atoms with Gasteiger partial charge in [0.05, 0.1) is 7.11 Å². The van der Waals surface area contributed by atoms with Crippen LogP contribution in [0.25, 0.3) is 0 Å². The van der Waals surface area contributed by atoms with Gasteiger partial charge in [-0.3, -0.25) is 10.1 Å². The number of ether oxygens (including phenoxy) is 1. The maximum Gasteiger partial charge on any atom is 0.357 e. The summed E-state index contributed by atoms with van der Waals surface area (Å²) >= 11 is 1.28. The number of hydrogen-bond acceptors (Lipinski definition) is 8. The maximum absolute atomic E-state index is 12.7. The molecule has 0 saturated carbocycles. The zero-order chi connectivity index (χ0) is 20.8. The first-order valence-corrected chi connectivity index (χ1v) is 9.81. The largest absolute Gasteiger partial charge is 0.464 e. The summed E-state index contributed by atoms with van der Waals surface area (Å²) in [6.45, 7) is 4.10. The second-order valence-electron chi connectivity index (χ2n) is 6.61. The van der Waals surface area contributed by atoms with Crippen molar-refractivity contribution in [2.75, 3.05) is 17.7 Å². The van der Waals surface area contributed by atoms with Crippen LogP contribution in [0.2, 0.25) is 0 Å². The first-order chi connectivity index (χ1) is 14.0. The number of methoxy groups -OCH3 is 1. The molecule has 150 valence electrons. The van der Waals surface area contributed by atoms with Gasteiger partial charge in [0.25, 0.3) is 5.91 Å². The van der Waals surface area contributed by atoms with Gasteiger partial charge in [-0.25, -0.2) is 19.7 Å². The topological polar surface area (TPSA) is 106 Å². The van der Waals surface area contributed by atoms with Crippen LogP contribution in [0.3, 0.4) is 0 Å². The van der Waals surface area contributed by atoms with Crippen molar-refractivity contribution in [3.8, 4) is 0 Å². The predicted octanol–water partition coefficient (Wildman–Crippen LogP) is 3.91. The minimum atomic E-state index is -0.508. The molecule has 3 rings (SSSR count). The molecule has 2 N–H and O–H groups in total. The Kier molecular flexibility index (Phi) is 6.50. The minimum Gasteiger partial charge on any atom is -0.464 e. The van der Waals surface area contributed by atoms with Crippen LogP contribution in [0.5, 0.6) is 0 Å². The molecule has 2 aromatic heterocycles. The van der Waals surface area contributed by atoms with Crippen LogP contribution in [0.15, 0.2) is 42.7 Å². The summed E-state index contributed by atoms with van der Waals surface area (Å²) in [5.74, 6) is -0.0632. The van der Waals surface area contributed by atoms with E-state index in [4.69, 9.17) is 4.74 Å². The molecular weight excluding hydrogens is 390 g/mol. The van der Waals surface area contributed by atoms with Gasteiger partial charge in [-0.2, -0.15) is 0 Å². The van der Waals surface area contributed by atoms with Crippen molar-refractivity contribution in [2.24, 2.45) is 5.92 Å². The number of nitrogens with zero attached hydrogens (tertiary/aromatic N) is 3. The number of nitrogens with one attached hydrogen (secondary N) is 2. The van der Waals surface area contributed by atoms with E-state index in [1.54, 1.807) is 36.7 Å². The van der Waals surface area contributed by atoms with E-state index in [-0.39, 0.29) is 11.6 Å². The molecule has 0 radical (unpaired) electrons. The Labute approximate surface area is 172 Å². The number of aromatic nitrogens is 3. The molecule has 3 aromatic rings. The highest BCUT2D eigenvalue weighted by molar-refractivity contribution is 7.16. The van der Waals surface area contributed by atoms with Crippen LogP contribution in [-0.4, -0.2) is 33.9 Å². The summed E-state index contributed by atoms with van der Waals surface area (Å²) in [4.78, 5) is 37.9. The molecule has 0 unspecified atom stereocenters. The Morgan fingerprint density at radius 3 is 2.62 bits per heavy atom. The molecule has 0 atom stereocenters. The molecular formula is C20H21N5O3S. The molecule has 9 heteroatoms. The van der Waals surface area contributed by atoms with Crippen LogP contribution >= 0.6 is 11.3 Å². The standard InChI is InChI=1S/C20H21N5O3S/c1-12(2)10-15-16(18(27)28-3)24-20(29-15)25-17(26)13-6-4-7-14(11-13)23-19-21-8-5-9-22-19/h4-9,11-12H,10H2,1-3H3,(H,21,22,23)(H,24,25,26). The molecule has 0 fully saturated rings. The number of anilines is 3. The predicted molar refractivity (Wildman–Crippen MR) is 112 cm³/mol. The molecule has 0 aliphatic rings. The van der Waals surface area contributed by atoms with E-state index in [1.807, 2.05) is 19.9 Å². The third-order valence-electron chi connectivity index (χ3n) is 3.84. The van der Waals surface area contributed by atoms with Gasteiger partial charge in [-0.05, 0) is 36.6 Å². The second-order valence-corrected chi connectivity index (χ2v) is 7.70. The molecule has 1 amide bonds. The van der Waals surface area contributed by atoms with E-state index in [1.165, 1.54) is 18.4 Å². The number of esters is 1. The number of rotatable bonds is 7. The van der Waals surface area contributed by atoms with Crippen molar-refractivity contribution in [1.82, 2.24) is 15.0 Å². The summed E-state index contributed by atoms with van der Waals surface area (Å²) in [6.07, 6.45) is 3.93. The van der Waals surface area contributed by atoms with Gasteiger partial charge >= 0.3 is 5.97 Å². The van der Waals surface area contributed by atoms with Crippen molar-refractivity contribution >= 4 is 40.0 Å². The molecule has 8 nitrogen and oxygen atoms in total. The average molecular weight is 411 g/mol. The molecule has 0 bridgehead atoms. The number of thiazole rings is 1. The fourth-order valence-electron chi connectivity index (χ4n) is 2.57. The Morgan fingerprint density at radius 2 is 1.93 bits per heavy atom. The maximum atomic E-state index is 12.7. The normalized spacial score (nSPS) is 10.6. The Morgan fingerprint density at radius 1 is 1.17 bits per heavy atom. The number of benzene rings is 1. The first-order valence-electron chi connectivity index (χ1n) is 8.99. The fourth-order valence-corrected chi connectivity index (χ4v) is 3.73. The van der Waals surface area contributed by atoms with Crippen molar-refractivity contribution in [1.29, 1.82) is 0 Å². The van der Waals surface area contributed by atoms with Gasteiger partial charge in [0.15, 0.2) is 10.8 Å². The van der Waals surface area contributed by atoms with Crippen LogP contribution < -0.4 is 10.6 Å². The Hall–Kier alpha value is -3.33. The molecule has 2 heterocycles. The van der Waals surface area contributed by atoms with E-state index in [0.29, 0.717) is 34.7 Å². The minimum absolute atomic E-state index is 0.248. The number of carbonyl (C=O) groups is 2. The van der Waals surface area contributed by atoms with Gasteiger partial charge in [-0.1, -0.05) is 19.9 Å². The lowest BCUT2D eigenvalue weighted by Crippen LogP contribution is -2.12. The third-order valence-corrected chi connectivity index (χ3v) is 4.83. The van der Waals surface area contributed by atoms with Gasteiger partial charge in [0, 0.05) is 28.5 Å². The molecule has 0 aliphatic carbocycles. The monoisotopic (exact) mass is 411 g/mol. The lowest BCUT2D eigenvalue weighted by atomic mass is 10.1. The summed E-state index contributed by atoms with van der Waals surface area (Å²) in [7, 11) is 1.31. The SMILES string of the molecule is COC(=O)c1nc(NC(=O)c2cccc(Nc3ncccn3)c2)sc1CC(C)C. The zero-order valence-electron chi connectivity index (χ0n) is 16.3. The van der Waals surface area contributed by atoms with E-state index < -0.39 is 5.97 Å². The Bertz CT molecular complexity index is 1000. The van der Waals surface area contributed by atoms with Gasteiger partial charge < -0.3 is 10.1 Å². The fraction of sp³-hybridized carbons (Fsp3) is 0.250. The molecule has 0 spiro atoms. The van der Waals surface area contributed by atoms with E-state index in [0.717, 1.165) is 4.88 Å². The first kappa shape index (κ1) is 20.4. The lowest BCUT2D eigenvalue weighted by molar-refractivity contribution is 0.0593. The molecule has 0 aliphatic heterocycles. The summed E-state index contributed by atoms with van der Waals surface area (Å²) in [5.41, 5.74) is 1.36. The average Bonchev–Trinajstić information content (AvgIpc) is 3.09. The highest BCUT2D eigenvalue weighted by Gasteiger charge is 2.21. The highest BCUT2D eigenvalue weighted by atomic mass is 32.1. The second kappa shape index (κ2) is 9.24. The third kappa shape index (κ3) is 5.35. The smallest absolute Gasteiger partial charge is 0.357 e. The zero-order valence-corrected chi connectivity index (χ0v) is 17.1. The van der Waals surface area contributed by atoms with Crippen LogP contribution in [0, 0.1) is 5.92 Å². The summed E-state index contributed by atoms with van der Waals surface area (Å²) in [6, 6.07) is 8.67. The van der Waals surface area contributed by atoms with Crippen LogP contribution in [-0.2, 0) is 11.2 Å². The van der Waals surface area contributed by atoms with E-state index in [9.17, 15) is 9.59 Å². The van der Waals surface area contributed by atoms with E-state index >= 15 is 0 Å². The van der Waals surface area contributed by atoms with Crippen molar-refractivity contribution in [3.63, 3.8) is 0 Å². The number of amides is 1. The number of hydrogen-bond donors (Lipinski definition) is 2. The van der Waals surface area contributed by atoms with Gasteiger partial charge in [0.1, 0.15) is 0 Å². The summed E-state index contributed by atoms with van der Waals surface area (Å²) in [5, 5.41) is 6.17. The number of carbonyl (C=O) groups excluding carboxylic acids is 2. The molecule has 29 heavy (non-hydrogen) atoms. The van der Waals surface area contributed by atoms with E-state index in [2.05, 4.69) is 25.6 Å². The van der Waals surface area contributed by atoms with Crippen molar-refractivity contribution in [2.45, 2.75) is 20.3 Å². The quantitative estimate of drug-likeness (QED) is 0.568. The van der Waals surface area contributed by atoms with Crippen molar-refractivity contribution < 1.29 is 14.3 Å². The highest BCUT2D eigenvalue weighted by Crippen LogP contribution is 2.27. The van der Waals surface area contributed by atoms with Crippen molar-refractivity contribution in [3.05, 3.63) is 58.9 Å². The van der Waals surface area contributed by atoms with Gasteiger partial charge in [-0.15, -0.1) is 11.3 Å². The molecule has 0 saturated heterocycles. The van der Waals surface area contributed by atoms with Gasteiger partial charge in [0.2, 0.25) is 5.95 Å².